The number of ether oxygens (including phenoxy) is 1. The molecule has 0 spiro atoms. The molecule has 18 heavy (non-hydrogen) atoms. The molecule has 2 rings (SSSR count). The third-order valence-corrected chi connectivity index (χ3v) is 3.98. The van der Waals surface area contributed by atoms with Gasteiger partial charge in [0.05, 0.1) is 12.0 Å². The fraction of sp³-hybridized carbons (Fsp3) is 0.231. The van der Waals surface area contributed by atoms with Gasteiger partial charge in [-0.3, -0.25) is 9.69 Å². The number of thiocarbonyl (C=S) groups is 1. The number of benzene rings is 1. The van der Waals surface area contributed by atoms with Gasteiger partial charge in [-0.25, -0.2) is 0 Å². The molecule has 0 bridgehead atoms. The van der Waals surface area contributed by atoms with Crippen molar-refractivity contribution in [3.63, 3.8) is 0 Å². The van der Waals surface area contributed by atoms with Gasteiger partial charge >= 0.3 is 0 Å². The molecule has 0 radical (unpaired) electrons. The van der Waals surface area contributed by atoms with Crippen LogP contribution >= 0.6 is 24.0 Å². The van der Waals surface area contributed by atoms with E-state index < -0.39 is 0 Å². The summed E-state index contributed by atoms with van der Waals surface area (Å²) in [5.74, 6) is 0.788. The van der Waals surface area contributed by atoms with E-state index in [1.165, 1.54) is 11.8 Å². The van der Waals surface area contributed by atoms with E-state index in [2.05, 4.69) is 0 Å². The highest BCUT2D eigenvalue weighted by atomic mass is 32.2. The number of carbonyl (C=O) groups excluding carboxylic acids is 1. The van der Waals surface area contributed by atoms with E-state index in [4.69, 9.17) is 17.0 Å². The third kappa shape index (κ3) is 2.57. The van der Waals surface area contributed by atoms with E-state index >= 15 is 0 Å². The lowest BCUT2D eigenvalue weighted by atomic mass is 10.2. The van der Waals surface area contributed by atoms with Gasteiger partial charge in [-0.15, -0.1) is 0 Å². The number of amides is 1. The first kappa shape index (κ1) is 13.1. The number of carbonyl (C=O) groups is 1. The van der Waals surface area contributed by atoms with E-state index in [0.29, 0.717) is 15.8 Å². The van der Waals surface area contributed by atoms with Gasteiger partial charge in [0.1, 0.15) is 10.1 Å². The van der Waals surface area contributed by atoms with Crippen molar-refractivity contribution in [2.24, 2.45) is 0 Å². The molecule has 0 N–H and O–H groups in total. The summed E-state index contributed by atoms with van der Waals surface area (Å²) in [5.41, 5.74) is 0.965. The second-order valence-corrected chi connectivity index (χ2v) is 5.37. The molecule has 1 aliphatic heterocycles. The molecule has 1 saturated heterocycles. The van der Waals surface area contributed by atoms with Crippen LogP contribution < -0.4 is 4.74 Å². The van der Waals surface area contributed by atoms with Crippen LogP contribution in [-0.2, 0) is 4.79 Å². The predicted molar refractivity (Wildman–Crippen MR) is 78.5 cm³/mol. The lowest BCUT2D eigenvalue weighted by Crippen LogP contribution is -2.27. The monoisotopic (exact) mass is 279 g/mol. The topological polar surface area (TPSA) is 29.5 Å². The maximum absolute atomic E-state index is 12.0. The van der Waals surface area contributed by atoms with Crippen molar-refractivity contribution in [1.29, 1.82) is 0 Å². The summed E-state index contributed by atoms with van der Waals surface area (Å²) < 4.78 is 5.72. The van der Waals surface area contributed by atoms with E-state index in [1.807, 2.05) is 37.3 Å². The van der Waals surface area contributed by atoms with Gasteiger partial charge in [-0.1, -0.05) is 36.1 Å². The Morgan fingerprint density at radius 3 is 2.56 bits per heavy atom. The molecular formula is C13H13NO2S2. The Balaban J connectivity index is 2.23. The van der Waals surface area contributed by atoms with Crippen LogP contribution in [0.5, 0.6) is 5.75 Å². The summed E-state index contributed by atoms with van der Waals surface area (Å²) in [6, 6.07) is 7.56. The van der Waals surface area contributed by atoms with Crippen LogP contribution in [0.25, 0.3) is 6.08 Å². The minimum Gasteiger partial charge on any atom is -0.497 e. The largest absolute Gasteiger partial charge is 0.497 e. The van der Waals surface area contributed by atoms with Crippen molar-refractivity contribution in [1.82, 2.24) is 4.90 Å². The highest BCUT2D eigenvalue weighted by molar-refractivity contribution is 8.26. The number of rotatable bonds is 3. The van der Waals surface area contributed by atoms with Crippen molar-refractivity contribution >= 4 is 40.3 Å². The van der Waals surface area contributed by atoms with Crippen LogP contribution in [0.1, 0.15) is 12.5 Å². The van der Waals surface area contributed by atoms with Crippen molar-refractivity contribution < 1.29 is 9.53 Å². The number of hydrogen-bond acceptors (Lipinski definition) is 4. The van der Waals surface area contributed by atoms with Crippen LogP contribution in [0.4, 0.5) is 0 Å². The van der Waals surface area contributed by atoms with Gasteiger partial charge < -0.3 is 4.74 Å². The molecule has 1 aromatic rings. The highest BCUT2D eigenvalue weighted by Crippen LogP contribution is 2.32. The summed E-state index contributed by atoms with van der Waals surface area (Å²) in [7, 11) is 1.63. The fourth-order valence-electron chi connectivity index (χ4n) is 1.62. The molecule has 0 aromatic heterocycles. The van der Waals surface area contributed by atoms with Crippen LogP contribution in [0.3, 0.4) is 0 Å². The third-order valence-electron chi connectivity index (χ3n) is 2.60. The minimum atomic E-state index is -0.0108. The first-order chi connectivity index (χ1) is 8.65. The van der Waals surface area contributed by atoms with Crippen molar-refractivity contribution in [3.05, 3.63) is 34.7 Å². The van der Waals surface area contributed by atoms with Crippen molar-refractivity contribution in [2.75, 3.05) is 13.7 Å². The molecule has 1 fully saturated rings. The van der Waals surface area contributed by atoms with Gasteiger partial charge in [-0.05, 0) is 30.7 Å². The zero-order valence-electron chi connectivity index (χ0n) is 10.2. The second kappa shape index (κ2) is 5.54. The number of thioether (sulfide) groups is 1. The maximum Gasteiger partial charge on any atom is 0.266 e. The first-order valence-electron chi connectivity index (χ1n) is 5.55. The summed E-state index contributed by atoms with van der Waals surface area (Å²) in [6.45, 7) is 2.53. The van der Waals surface area contributed by atoms with Gasteiger partial charge in [0, 0.05) is 6.54 Å². The summed E-state index contributed by atoms with van der Waals surface area (Å²) in [6.07, 6.45) is 1.86. The molecular weight excluding hydrogens is 266 g/mol. The Bertz CT molecular complexity index is 508. The Labute approximate surface area is 116 Å². The van der Waals surface area contributed by atoms with E-state index in [-0.39, 0.29) is 5.91 Å². The molecule has 0 saturated carbocycles. The van der Waals surface area contributed by atoms with Crippen LogP contribution in [0.15, 0.2) is 29.2 Å². The molecule has 5 heteroatoms. The lowest BCUT2D eigenvalue weighted by Gasteiger charge is -2.09. The average Bonchev–Trinajstić information content (AvgIpc) is 2.65. The first-order valence-corrected chi connectivity index (χ1v) is 6.77. The van der Waals surface area contributed by atoms with Crippen LogP contribution in [0, 0.1) is 0 Å². The molecule has 94 valence electrons. The highest BCUT2D eigenvalue weighted by Gasteiger charge is 2.30. The standard InChI is InChI=1S/C13H13NO2S2/c1-3-14-12(15)11(18-13(14)17)8-9-4-6-10(16-2)7-5-9/h4-8H,3H2,1-2H3/b11-8-. The molecule has 1 aliphatic rings. The number of methoxy groups -OCH3 is 1. The summed E-state index contributed by atoms with van der Waals surface area (Å²) in [5, 5.41) is 0. The Kier molecular flexibility index (Phi) is 4.04. The Hall–Kier alpha value is -1.33. The maximum atomic E-state index is 12.0. The molecule has 0 unspecified atom stereocenters. The lowest BCUT2D eigenvalue weighted by molar-refractivity contribution is -0.121. The molecule has 1 heterocycles. The van der Waals surface area contributed by atoms with Crippen LogP contribution in [-0.4, -0.2) is 28.8 Å². The SMILES string of the molecule is CCN1C(=O)/C(=C/c2ccc(OC)cc2)SC1=S. The van der Waals surface area contributed by atoms with E-state index in [1.54, 1.807) is 12.0 Å². The molecule has 3 nitrogen and oxygen atoms in total. The van der Waals surface area contributed by atoms with E-state index in [9.17, 15) is 4.79 Å². The molecule has 1 aromatic carbocycles. The molecule has 0 atom stereocenters. The average molecular weight is 279 g/mol. The molecule has 0 aliphatic carbocycles. The number of hydrogen-bond donors (Lipinski definition) is 0. The van der Waals surface area contributed by atoms with Crippen molar-refractivity contribution in [2.45, 2.75) is 6.92 Å². The van der Waals surface area contributed by atoms with Gasteiger partial charge in [0.2, 0.25) is 0 Å². The number of likely N-dealkylation sites (N-methyl/N-ethyl adjacent to an activating group) is 1. The quantitative estimate of drug-likeness (QED) is 0.628. The van der Waals surface area contributed by atoms with Crippen molar-refractivity contribution in [3.8, 4) is 5.75 Å². The zero-order valence-corrected chi connectivity index (χ0v) is 11.8. The normalized spacial score (nSPS) is 17.7. The Morgan fingerprint density at radius 2 is 2.06 bits per heavy atom. The minimum absolute atomic E-state index is 0.0108. The fourth-order valence-corrected chi connectivity index (χ4v) is 3.01. The Morgan fingerprint density at radius 1 is 1.39 bits per heavy atom. The molecule has 1 amide bonds. The van der Waals surface area contributed by atoms with Gasteiger partial charge in [0.15, 0.2) is 0 Å². The predicted octanol–water partition coefficient (Wildman–Crippen LogP) is 2.92. The second-order valence-electron chi connectivity index (χ2n) is 3.70. The summed E-state index contributed by atoms with van der Waals surface area (Å²) in [4.78, 5) is 14.3. The van der Waals surface area contributed by atoms with Gasteiger partial charge in [-0.2, -0.15) is 0 Å². The van der Waals surface area contributed by atoms with E-state index in [0.717, 1.165) is 11.3 Å². The zero-order chi connectivity index (χ0) is 13.1. The summed E-state index contributed by atoms with van der Waals surface area (Å²) >= 11 is 6.51. The van der Waals surface area contributed by atoms with Crippen LogP contribution in [0.2, 0.25) is 0 Å². The smallest absolute Gasteiger partial charge is 0.266 e. The number of nitrogens with zero attached hydrogens (tertiary/aromatic N) is 1. The van der Waals surface area contributed by atoms with Gasteiger partial charge in [0.25, 0.3) is 5.91 Å².